The van der Waals surface area contributed by atoms with Crippen LogP contribution >= 0.6 is 0 Å². The highest BCUT2D eigenvalue weighted by atomic mass is 16.5. The van der Waals surface area contributed by atoms with Crippen LogP contribution in [0.2, 0.25) is 0 Å². The highest BCUT2D eigenvalue weighted by Gasteiger charge is 2.35. The van der Waals surface area contributed by atoms with E-state index >= 15 is 0 Å². The van der Waals surface area contributed by atoms with E-state index in [9.17, 15) is 5.11 Å². The molecular formula is C13H23N3O3. The molecule has 0 unspecified atom stereocenters. The monoisotopic (exact) mass is 269 g/mol. The molecule has 6 nitrogen and oxygen atoms in total. The van der Waals surface area contributed by atoms with Crippen molar-refractivity contribution in [1.29, 1.82) is 0 Å². The Morgan fingerprint density at radius 1 is 1.53 bits per heavy atom. The van der Waals surface area contributed by atoms with Crippen molar-refractivity contribution < 1.29 is 14.4 Å². The van der Waals surface area contributed by atoms with E-state index in [1.54, 1.807) is 6.92 Å². The molecule has 6 heteroatoms. The largest absolute Gasteiger partial charge is 0.392 e. The van der Waals surface area contributed by atoms with Gasteiger partial charge in [0.25, 0.3) is 0 Å². The Balaban J connectivity index is 1.87. The lowest BCUT2D eigenvalue weighted by atomic mass is 10.2. The van der Waals surface area contributed by atoms with E-state index in [1.165, 1.54) is 0 Å². The Bertz CT molecular complexity index is 394. The van der Waals surface area contributed by atoms with E-state index in [0.29, 0.717) is 24.7 Å². The van der Waals surface area contributed by atoms with Crippen LogP contribution in [0.1, 0.15) is 44.4 Å². The fraction of sp³-hybridized carbons (Fsp3) is 0.846. The molecule has 0 radical (unpaired) electrons. The van der Waals surface area contributed by atoms with Gasteiger partial charge in [0, 0.05) is 19.7 Å². The maximum atomic E-state index is 9.82. The van der Waals surface area contributed by atoms with Gasteiger partial charge in [-0.1, -0.05) is 5.16 Å². The molecule has 0 aliphatic carbocycles. The third kappa shape index (κ3) is 3.99. The maximum Gasteiger partial charge on any atom is 0.244 e. The van der Waals surface area contributed by atoms with Crippen LogP contribution in [0.5, 0.6) is 0 Å². The molecule has 1 aromatic rings. The van der Waals surface area contributed by atoms with Crippen LogP contribution in [0.3, 0.4) is 0 Å². The second-order valence-electron chi connectivity index (χ2n) is 5.35. The summed E-state index contributed by atoms with van der Waals surface area (Å²) in [6.45, 7) is 8.13. The molecule has 1 fully saturated rings. The summed E-state index contributed by atoms with van der Waals surface area (Å²) in [5.41, 5.74) is 0. The first-order valence-electron chi connectivity index (χ1n) is 6.90. The van der Waals surface area contributed by atoms with E-state index in [0.717, 1.165) is 19.6 Å². The summed E-state index contributed by atoms with van der Waals surface area (Å²) in [6, 6.07) is 0.0373. The summed E-state index contributed by atoms with van der Waals surface area (Å²) in [4.78, 5) is 6.47. The fourth-order valence-corrected chi connectivity index (χ4v) is 2.42. The molecule has 2 atom stereocenters. The number of rotatable bonds is 6. The topological polar surface area (TPSA) is 71.6 Å². The smallest absolute Gasteiger partial charge is 0.244 e. The van der Waals surface area contributed by atoms with Crippen molar-refractivity contribution in [2.24, 2.45) is 0 Å². The standard InChI is InChI=1S/C13H23N3O3/c1-9(2)18-6-4-5-16-8-11(17)7-12(16)13-14-10(3)15-19-13/h9,11-12,17H,4-8H2,1-3H3/t11-,12+/m0/s1. The van der Waals surface area contributed by atoms with Gasteiger partial charge in [-0.3, -0.25) is 4.90 Å². The zero-order valence-corrected chi connectivity index (χ0v) is 11.9. The predicted octanol–water partition coefficient (Wildman–Crippen LogP) is 1.30. The van der Waals surface area contributed by atoms with Crippen molar-refractivity contribution in [1.82, 2.24) is 15.0 Å². The van der Waals surface area contributed by atoms with E-state index in [-0.39, 0.29) is 18.2 Å². The van der Waals surface area contributed by atoms with Gasteiger partial charge in [0.05, 0.1) is 18.2 Å². The summed E-state index contributed by atoms with van der Waals surface area (Å²) >= 11 is 0. The average Bonchev–Trinajstić information content (AvgIpc) is 2.90. The Morgan fingerprint density at radius 3 is 2.95 bits per heavy atom. The SMILES string of the molecule is Cc1noc([C@H]2C[C@H](O)CN2CCCOC(C)C)n1. The Labute approximate surface area is 113 Å². The number of hydrogen-bond donors (Lipinski definition) is 1. The molecule has 2 heterocycles. The molecule has 1 saturated heterocycles. The van der Waals surface area contributed by atoms with Gasteiger partial charge in [-0.05, 0) is 33.6 Å². The molecule has 19 heavy (non-hydrogen) atoms. The van der Waals surface area contributed by atoms with Gasteiger partial charge in [0.1, 0.15) is 0 Å². The normalized spacial score (nSPS) is 24.5. The number of aliphatic hydroxyl groups excluding tert-OH is 1. The van der Waals surface area contributed by atoms with Gasteiger partial charge in [-0.25, -0.2) is 0 Å². The van der Waals surface area contributed by atoms with Crippen LogP contribution in [0.15, 0.2) is 4.52 Å². The summed E-state index contributed by atoms with van der Waals surface area (Å²) in [5, 5.41) is 13.6. The Morgan fingerprint density at radius 2 is 2.32 bits per heavy atom. The number of β-amino-alcohol motifs (C(OH)–C–C–N with tert-alkyl or cyclic N) is 1. The first-order valence-corrected chi connectivity index (χ1v) is 6.90. The molecular weight excluding hydrogens is 246 g/mol. The third-order valence-corrected chi connectivity index (χ3v) is 3.25. The number of ether oxygens (including phenoxy) is 1. The van der Waals surface area contributed by atoms with Gasteiger partial charge in [0.15, 0.2) is 5.82 Å². The van der Waals surface area contributed by atoms with Crippen LogP contribution in [-0.2, 0) is 4.74 Å². The molecule has 108 valence electrons. The molecule has 2 rings (SSSR count). The second-order valence-corrected chi connectivity index (χ2v) is 5.35. The van der Waals surface area contributed by atoms with Crippen molar-refractivity contribution in [2.75, 3.05) is 19.7 Å². The van der Waals surface area contributed by atoms with Gasteiger partial charge in [-0.15, -0.1) is 0 Å². The van der Waals surface area contributed by atoms with Crippen molar-refractivity contribution in [3.05, 3.63) is 11.7 Å². The van der Waals surface area contributed by atoms with E-state index < -0.39 is 0 Å². The molecule has 0 saturated carbocycles. The second kappa shape index (κ2) is 6.45. The fourth-order valence-electron chi connectivity index (χ4n) is 2.42. The lowest BCUT2D eigenvalue weighted by Crippen LogP contribution is -2.27. The molecule has 1 N–H and O–H groups in total. The molecule has 1 aliphatic rings. The molecule has 1 aromatic heterocycles. The Kier molecular flexibility index (Phi) is 4.90. The number of aryl methyl sites for hydroxylation is 1. The third-order valence-electron chi connectivity index (χ3n) is 3.25. The van der Waals surface area contributed by atoms with E-state index in [4.69, 9.17) is 9.26 Å². The van der Waals surface area contributed by atoms with E-state index in [1.807, 2.05) is 13.8 Å². The summed E-state index contributed by atoms with van der Waals surface area (Å²) in [5.74, 6) is 1.25. The van der Waals surface area contributed by atoms with Crippen LogP contribution in [0, 0.1) is 6.92 Å². The Hall–Kier alpha value is -0.980. The zero-order valence-electron chi connectivity index (χ0n) is 11.9. The van der Waals surface area contributed by atoms with Crippen molar-refractivity contribution in [3.63, 3.8) is 0 Å². The maximum absolute atomic E-state index is 9.82. The van der Waals surface area contributed by atoms with Gasteiger partial charge in [-0.2, -0.15) is 4.98 Å². The molecule has 0 amide bonds. The van der Waals surface area contributed by atoms with Gasteiger partial charge in [0.2, 0.25) is 5.89 Å². The van der Waals surface area contributed by atoms with Gasteiger partial charge >= 0.3 is 0 Å². The number of likely N-dealkylation sites (tertiary alicyclic amines) is 1. The first kappa shape index (κ1) is 14.4. The summed E-state index contributed by atoms with van der Waals surface area (Å²) < 4.78 is 10.8. The summed E-state index contributed by atoms with van der Waals surface area (Å²) in [6.07, 6.45) is 1.54. The highest BCUT2D eigenvalue weighted by Crippen LogP contribution is 2.31. The summed E-state index contributed by atoms with van der Waals surface area (Å²) in [7, 11) is 0. The predicted molar refractivity (Wildman–Crippen MR) is 69.7 cm³/mol. The quantitative estimate of drug-likeness (QED) is 0.785. The van der Waals surface area contributed by atoms with Crippen molar-refractivity contribution in [2.45, 2.75) is 51.9 Å². The van der Waals surface area contributed by atoms with Crippen LogP contribution in [0.25, 0.3) is 0 Å². The molecule has 0 bridgehead atoms. The van der Waals surface area contributed by atoms with Crippen LogP contribution in [-0.4, -0.2) is 52.1 Å². The van der Waals surface area contributed by atoms with Crippen molar-refractivity contribution in [3.8, 4) is 0 Å². The average molecular weight is 269 g/mol. The number of aliphatic hydroxyl groups is 1. The minimum Gasteiger partial charge on any atom is -0.392 e. The lowest BCUT2D eigenvalue weighted by molar-refractivity contribution is 0.0674. The molecule has 0 spiro atoms. The number of aromatic nitrogens is 2. The van der Waals surface area contributed by atoms with Gasteiger partial charge < -0.3 is 14.4 Å². The van der Waals surface area contributed by atoms with Crippen LogP contribution in [0.4, 0.5) is 0 Å². The first-order chi connectivity index (χ1) is 9.06. The van der Waals surface area contributed by atoms with Crippen LogP contribution < -0.4 is 0 Å². The minimum atomic E-state index is -0.316. The minimum absolute atomic E-state index is 0.0373. The lowest BCUT2D eigenvalue weighted by Gasteiger charge is -2.21. The zero-order chi connectivity index (χ0) is 13.8. The highest BCUT2D eigenvalue weighted by molar-refractivity contribution is 4.98. The molecule has 1 aliphatic heterocycles. The van der Waals surface area contributed by atoms with E-state index in [2.05, 4.69) is 15.0 Å². The number of nitrogens with zero attached hydrogens (tertiary/aromatic N) is 3. The van der Waals surface area contributed by atoms with Crippen molar-refractivity contribution >= 4 is 0 Å². The molecule has 0 aromatic carbocycles. The number of hydrogen-bond acceptors (Lipinski definition) is 6.